The predicted molar refractivity (Wildman–Crippen MR) is 111 cm³/mol. The predicted octanol–water partition coefficient (Wildman–Crippen LogP) is 3.61. The molecule has 3 fully saturated rings. The lowest BCUT2D eigenvalue weighted by molar-refractivity contribution is 0.0979. The molecule has 3 saturated carbocycles. The van der Waals surface area contributed by atoms with Gasteiger partial charge in [0, 0.05) is 23.7 Å². The summed E-state index contributed by atoms with van der Waals surface area (Å²) in [4.78, 5) is 0. The lowest BCUT2D eigenvalue weighted by Crippen LogP contribution is -2.46. The average Bonchev–Trinajstić information content (AvgIpc) is 3.26. The van der Waals surface area contributed by atoms with E-state index in [1.54, 1.807) is 0 Å². The topological polar surface area (TPSA) is 73.3 Å². The largest absolute Gasteiger partial charge is 0.489 e. The summed E-state index contributed by atoms with van der Waals surface area (Å²) in [6.45, 7) is 1.03. The van der Waals surface area contributed by atoms with E-state index in [0.29, 0.717) is 18.4 Å². The molecule has 6 heteroatoms. The number of ether oxygens (including phenoxy) is 1. The first-order valence-corrected chi connectivity index (χ1v) is 10.5. The lowest BCUT2D eigenvalue weighted by atomic mass is 9.51. The molecule has 0 spiro atoms. The van der Waals surface area contributed by atoms with Gasteiger partial charge in [-0.2, -0.15) is 5.10 Å². The Labute approximate surface area is 171 Å². The Morgan fingerprint density at radius 1 is 1.10 bits per heavy atom. The number of nitrogens with two attached hydrogens (primary N) is 1. The van der Waals surface area contributed by atoms with Crippen LogP contribution >= 0.6 is 0 Å². The minimum atomic E-state index is 0.120. The maximum Gasteiger partial charge on any atom is 0.119 e. The highest BCUT2D eigenvalue weighted by molar-refractivity contribution is 5.36. The summed E-state index contributed by atoms with van der Waals surface area (Å²) in [5.74, 6) is 0.744. The highest BCUT2D eigenvalue weighted by Gasteiger charge is 2.50. The van der Waals surface area contributed by atoms with Gasteiger partial charge in [0.1, 0.15) is 12.4 Å². The third-order valence-electron chi connectivity index (χ3n) is 7.07. The fourth-order valence-corrected chi connectivity index (χ4v) is 5.09. The smallest absolute Gasteiger partial charge is 0.119 e. The number of hydrogen-bond acceptors (Lipinski definition) is 4. The van der Waals surface area contributed by atoms with Gasteiger partial charge in [-0.05, 0) is 67.7 Å². The van der Waals surface area contributed by atoms with E-state index >= 15 is 0 Å². The molecule has 3 aliphatic rings. The van der Waals surface area contributed by atoms with Crippen LogP contribution < -0.4 is 10.5 Å². The summed E-state index contributed by atoms with van der Waals surface area (Å²) >= 11 is 0. The Balaban J connectivity index is 1.42. The van der Waals surface area contributed by atoms with Crippen LogP contribution in [0.15, 0.2) is 48.4 Å². The molecule has 1 aromatic carbocycles. The van der Waals surface area contributed by atoms with E-state index in [1.165, 1.54) is 30.5 Å². The molecule has 2 aromatic rings. The summed E-state index contributed by atoms with van der Waals surface area (Å²) in [5.41, 5.74) is 8.94. The van der Waals surface area contributed by atoms with Gasteiger partial charge in [-0.15, -0.1) is 0 Å². The molecule has 0 atom stereocenters. The van der Waals surface area contributed by atoms with Gasteiger partial charge < -0.3 is 15.6 Å². The molecule has 3 aliphatic carbocycles. The number of fused-ring (bicyclic) bond motifs is 3. The summed E-state index contributed by atoms with van der Waals surface area (Å²) in [5, 5.41) is 13.9. The number of halogens is 1. The molecule has 0 aliphatic heterocycles. The Kier molecular flexibility index (Phi) is 5.74. The van der Waals surface area contributed by atoms with Crippen molar-refractivity contribution in [3.05, 3.63) is 59.7 Å². The van der Waals surface area contributed by atoms with Gasteiger partial charge in [-0.1, -0.05) is 12.1 Å². The molecule has 0 unspecified atom stereocenters. The van der Waals surface area contributed by atoms with Crippen molar-refractivity contribution in [2.24, 2.45) is 5.73 Å². The highest BCUT2D eigenvalue weighted by Crippen LogP contribution is 2.58. The van der Waals surface area contributed by atoms with E-state index in [9.17, 15) is 4.39 Å². The van der Waals surface area contributed by atoms with Crippen LogP contribution in [-0.2, 0) is 17.4 Å². The number of hydrogen-bond donors (Lipinski definition) is 2. The average molecular weight is 400 g/mol. The second-order valence-corrected chi connectivity index (χ2v) is 8.53. The van der Waals surface area contributed by atoms with E-state index in [1.807, 2.05) is 23.0 Å². The summed E-state index contributed by atoms with van der Waals surface area (Å²) in [6, 6.07) is 10.5. The van der Waals surface area contributed by atoms with E-state index in [0.717, 1.165) is 25.0 Å². The van der Waals surface area contributed by atoms with Crippen molar-refractivity contribution in [3.8, 4) is 5.75 Å². The summed E-state index contributed by atoms with van der Waals surface area (Å²) < 4.78 is 20.1. The molecular formula is C23H30FN3O2. The van der Waals surface area contributed by atoms with Crippen LogP contribution in [0.5, 0.6) is 5.75 Å². The molecule has 2 bridgehead atoms. The molecule has 0 saturated heterocycles. The fourth-order valence-electron chi connectivity index (χ4n) is 5.09. The molecule has 0 radical (unpaired) electrons. The van der Waals surface area contributed by atoms with Crippen molar-refractivity contribution in [2.45, 2.75) is 55.9 Å². The molecular weight excluding hydrogens is 369 g/mol. The van der Waals surface area contributed by atoms with Crippen molar-refractivity contribution < 1.29 is 14.2 Å². The first kappa shape index (κ1) is 20.1. The van der Waals surface area contributed by atoms with Gasteiger partial charge in [0.2, 0.25) is 0 Å². The van der Waals surface area contributed by atoms with Gasteiger partial charge in [0.15, 0.2) is 0 Å². The van der Waals surface area contributed by atoms with Crippen molar-refractivity contribution in [2.75, 3.05) is 19.8 Å². The van der Waals surface area contributed by atoms with Crippen LogP contribution in [0, 0.1) is 0 Å². The van der Waals surface area contributed by atoms with Crippen LogP contribution in [0.1, 0.15) is 49.8 Å². The number of nitrogens with zero attached hydrogens (tertiary/aromatic N) is 2. The second-order valence-electron chi connectivity index (χ2n) is 8.53. The molecule has 1 aromatic heterocycles. The number of aliphatic hydroxyl groups excluding tert-OH is 1. The normalized spacial score (nSPS) is 26.7. The molecule has 3 N–H and O–H groups in total. The molecule has 5 rings (SSSR count). The maximum absolute atomic E-state index is 12.6. The minimum Gasteiger partial charge on any atom is -0.489 e. The van der Waals surface area contributed by atoms with Gasteiger partial charge >= 0.3 is 0 Å². The van der Waals surface area contributed by atoms with E-state index in [2.05, 4.69) is 18.2 Å². The summed E-state index contributed by atoms with van der Waals surface area (Å²) in [6.07, 6.45) is 9.49. The zero-order valence-corrected chi connectivity index (χ0v) is 16.8. The van der Waals surface area contributed by atoms with E-state index in [4.69, 9.17) is 20.7 Å². The lowest BCUT2D eigenvalue weighted by Gasteiger charge is -2.53. The van der Waals surface area contributed by atoms with Crippen molar-refractivity contribution in [1.82, 2.24) is 9.78 Å². The third kappa shape index (κ3) is 3.83. The van der Waals surface area contributed by atoms with E-state index in [-0.39, 0.29) is 30.6 Å². The number of aromatic nitrogens is 2. The van der Waals surface area contributed by atoms with Gasteiger partial charge in [-0.25, -0.2) is 4.39 Å². The summed E-state index contributed by atoms with van der Waals surface area (Å²) in [7, 11) is 0. The molecule has 1 heterocycles. The quantitative estimate of drug-likeness (QED) is 0.711. The van der Waals surface area contributed by atoms with Crippen molar-refractivity contribution in [3.63, 3.8) is 0 Å². The van der Waals surface area contributed by atoms with Crippen LogP contribution in [0.25, 0.3) is 0 Å². The Morgan fingerprint density at radius 3 is 2.34 bits per heavy atom. The Bertz CT molecular complexity index is 835. The zero-order valence-electron chi connectivity index (χ0n) is 16.8. The van der Waals surface area contributed by atoms with Crippen LogP contribution in [0.4, 0.5) is 4.39 Å². The van der Waals surface area contributed by atoms with Crippen LogP contribution in [0.3, 0.4) is 0 Å². The van der Waals surface area contributed by atoms with Crippen molar-refractivity contribution >= 4 is 0 Å². The molecule has 0 amide bonds. The third-order valence-corrected chi connectivity index (χ3v) is 7.07. The first-order valence-electron chi connectivity index (χ1n) is 10.5. The van der Waals surface area contributed by atoms with Crippen molar-refractivity contribution in [1.29, 1.82) is 0 Å². The zero-order chi connectivity index (χ0) is 20.3. The van der Waals surface area contributed by atoms with E-state index < -0.39 is 0 Å². The van der Waals surface area contributed by atoms with Gasteiger partial charge in [0.05, 0.1) is 25.2 Å². The Hall–Kier alpha value is -2.18. The molecule has 156 valence electrons. The van der Waals surface area contributed by atoms with Crippen LogP contribution in [0.2, 0.25) is 0 Å². The molecule has 5 nitrogen and oxygen atoms in total. The van der Waals surface area contributed by atoms with Gasteiger partial charge in [0.25, 0.3) is 0 Å². The monoisotopic (exact) mass is 399 g/mol. The van der Waals surface area contributed by atoms with Gasteiger partial charge in [-0.3, -0.25) is 4.68 Å². The number of benzene rings is 1. The Morgan fingerprint density at radius 2 is 1.76 bits per heavy atom. The van der Waals surface area contributed by atoms with Crippen LogP contribution in [-0.4, -0.2) is 34.6 Å². The first-order chi connectivity index (χ1) is 14.1. The SMILES string of the molecule is NCC(=CF)COc1ccc(C23CCC(c4ccn(CCO)n4)(CC2)CC3)cc1. The minimum absolute atomic E-state index is 0.120. The number of rotatable bonds is 8. The highest BCUT2D eigenvalue weighted by atomic mass is 19.1. The molecule has 29 heavy (non-hydrogen) atoms. The standard InChI is InChI=1S/C23H30FN3O2/c24-15-18(16-25)17-29-20-3-1-19(2-4-20)22-6-9-23(10-7-22,11-8-22)21-5-12-27(26-21)13-14-28/h1-5,12,15,28H,6-11,13-14,16-17,25H2. The number of aliphatic hydroxyl groups is 1. The maximum atomic E-state index is 12.6. The second kappa shape index (κ2) is 8.28. The fraction of sp³-hybridized carbons (Fsp3) is 0.522.